The molecule has 0 aromatic rings. The second kappa shape index (κ2) is 4.01. The van der Waals surface area contributed by atoms with Crippen LogP contribution in [0.2, 0.25) is 0 Å². The van der Waals surface area contributed by atoms with Crippen molar-refractivity contribution >= 4 is 41.1 Å². The van der Waals surface area contributed by atoms with Gasteiger partial charge in [0.2, 0.25) is 3.79 Å². The third-order valence-corrected chi connectivity index (χ3v) is 2.35. The molecule has 0 fully saturated rings. The Kier molecular flexibility index (Phi) is 3.36. The van der Waals surface area contributed by atoms with E-state index in [1.165, 1.54) is 11.2 Å². The lowest BCUT2D eigenvalue weighted by Gasteiger charge is -2.33. The second-order valence-electron chi connectivity index (χ2n) is 3.13. The summed E-state index contributed by atoms with van der Waals surface area (Å²) in [5, 5.41) is 14.4. The van der Waals surface area contributed by atoms with Crippen LogP contribution in [0.3, 0.4) is 0 Å². The molecule has 0 bridgehead atoms. The Morgan fingerprint density at radius 3 is 2.43 bits per heavy atom. The smallest absolute Gasteiger partial charge is 0.231 e. The summed E-state index contributed by atoms with van der Waals surface area (Å²) in [6.45, 7) is 3.81. The predicted molar refractivity (Wildman–Crippen MR) is 57.0 cm³/mol. The number of hydrazone groups is 1. The first-order valence-electron chi connectivity index (χ1n) is 3.95. The maximum Gasteiger partial charge on any atom is 0.231 e. The summed E-state index contributed by atoms with van der Waals surface area (Å²) < 4.78 is -1.57. The van der Waals surface area contributed by atoms with Gasteiger partial charge in [-0.3, -0.25) is 5.01 Å². The van der Waals surface area contributed by atoms with E-state index in [1.807, 2.05) is 20.0 Å². The number of nitriles is 1. The second-order valence-corrected chi connectivity index (χ2v) is 5.50. The SMILES string of the molecule is CC(C)N1N=CN(C#N)C1C(Cl)(Cl)Cl. The van der Waals surface area contributed by atoms with Crippen molar-refractivity contribution in [3.8, 4) is 6.19 Å². The molecule has 0 aliphatic carbocycles. The molecule has 4 nitrogen and oxygen atoms in total. The molecular formula is C7H9Cl3N4. The molecule has 78 valence electrons. The van der Waals surface area contributed by atoms with E-state index in [1.54, 1.807) is 5.01 Å². The van der Waals surface area contributed by atoms with Crippen LogP contribution in [0.1, 0.15) is 13.8 Å². The topological polar surface area (TPSA) is 42.6 Å². The van der Waals surface area contributed by atoms with Crippen molar-refractivity contribution < 1.29 is 0 Å². The lowest BCUT2D eigenvalue weighted by atomic mass is 10.3. The maximum atomic E-state index is 8.78. The van der Waals surface area contributed by atoms with Crippen LogP contribution in [-0.4, -0.2) is 32.2 Å². The van der Waals surface area contributed by atoms with E-state index < -0.39 is 9.96 Å². The van der Waals surface area contributed by atoms with Crippen LogP contribution in [0.25, 0.3) is 0 Å². The largest absolute Gasteiger partial charge is 0.265 e. The Morgan fingerprint density at radius 2 is 2.07 bits per heavy atom. The van der Waals surface area contributed by atoms with Gasteiger partial charge in [-0.1, -0.05) is 34.8 Å². The van der Waals surface area contributed by atoms with E-state index in [0.29, 0.717) is 0 Å². The molecule has 0 saturated heterocycles. The Labute approximate surface area is 97.6 Å². The fraction of sp³-hybridized carbons (Fsp3) is 0.714. The molecular weight excluding hydrogens is 246 g/mol. The summed E-state index contributed by atoms with van der Waals surface area (Å²) in [5.41, 5.74) is 0. The van der Waals surface area contributed by atoms with Gasteiger partial charge in [-0.2, -0.15) is 10.4 Å². The molecule has 1 rings (SSSR count). The highest BCUT2D eigenvalue weighted by Crippen LogP contribution is 2.37. The minimum absolute atomic E-state index is 0.0604. The van der Waals surface area contributed by atoms with E-state index in [-0.39, 0.29) is 6.04 Å². The highest BCUT2D eigenvalue weighted by molar-refractivity contribution is 6.68. The van der Waals surface area contributed by atoms with Gasteiger partial charge in [0.1, 0.15) is 6.34 Å². The minimum Gasteiger partial charge on any atom is -0.265 e. The fourth-order valence-electron chi connectivity index (χ4n) is 1.17. The Morgan fingerprint density at radius 1 is 1.50 bits per heavy atom. The van der Waals surface area contributed by atoms with Crippen LogP contribution in [0.15, 0.2) is 5.10 Å². The maximum absolute atomic E-state index is 8.78. The van der Waals surface area contributed by atoms with Crippen molar-refractivity contribution in [3.63, 3.8) is 0 Å². The normalized spacial score (nSPS) is 21.9. The summed E-state index contributed by atoms with van der Waals surface area (Å²) in [6.07, 6.45) is 2.58. The number of rotatable bonds is 1. The molecule has 1 unspecified atom stereocenters. The molecule has 0 N–H and O–H groups in total. The van der Waals surface area contributed by atoms with Crippen LogP contribution >= 0.6 is 34.8 Å². The third-order valence-electron chi connectivity index (χ3n) is 1.76. The molecule has 0 saturated carbocycles. The predicted octanol–water partition coefficient (Wildman–Crippen LogP) is 2.13. The van der Waals surface area contributed by atoms with Crippen LogP contribution in [0.4, 0.5) is 0 Å². The van der Waals surface area contributed by atoms with Gasteiger partial charge in [-0.05, 0) is 13.8 Å². The van der Waals surface area contributed by atoms with Gasteiger partial charge in [0, 0.05) is 6.04 Å². The van der Waals surface area contributed by atoms with Crippen molar-refractivity contribution in [1.29, 1.82) is 5.26 Å². The molecule has 0 aromatic carbocycles. The zero-order valence-electron chi connectivity index (χ0n) is 7.65. The number of hydrogen-bond acceptors (Lipinski definition) is 4. The summed E-state index contributed by atoms with van der Waals surface area (Å²) >= 11 is 17.3. The molecule has 0 radical (unpaired) electrons. The van der Waals surface area contributed by atoms with Crippen LogP contribution in [0, 0.1) is 11.5 Å². The Balaban J connectivity index is 2.93. The molecule has 14 heavy (non-hydrogen) atoms. The highest BCUT2D eigenvalue weighted by atomic mass is 35.6. The molecule has 1 atom stereocenters. The van der Waals surface area contributed by atoms with E-state index >= 15 is 0 Å². The standard InChI is InChI=1S/C7H9Cl3N4/c1-5(2)14-6(7(8,9)10)13(3-11)4-12-14/h4-6H,1-2H3. The van der Waals surface area contributed by atoms with Gasteiger partial charge < -0.3 is 0 Å². The van der Waals surface area contributed by atoms with Gasteiger partial charge in [0.25, 0.3) is 0 Å². The van der Waals surface area contributed by atoms with Gasteiger partial charge in [-0.15, -0.1) is 0 Å². The van der Waals surface area contributed by atoms with Gasteiger partial charge in [0.15, 0.2) is 12.4 Å². The van der Waals surface area contributed by atoms with E-state index in [9.17, 15) is 0 Å². The Hall–Kier alpha value is -0.370. The number of hydrogen-bond donors (Lipinski definition) is 0. The number of nitrogens with zero attached hydrogens (tertiary/aromatic N) is 4. The van der Waals surface area contributed by atoms with Gasteiger partial charge in [0.05, 0.1) is 0 Å². The summed E-state index contributed by atoms with van der Waals surface area (Å²) in [6, 6.07) is 0.0604. The monoisotopic (exact) mass is 254 g/mol. The van der Waals surface area contributed by atoms with E-state index in [0.717, 1.165) is 0 Å². The first-order valence-corrected chi connectivity index (χ1v) is 5.08. The summed E-state index contributed by atoms with van der Waals surface area (Å²) in [4.78, 5) is 1.22. The lowest BCUT2D eigenvalue weighted by molar-refractivity contribution is 0.128. The van der Waals surface area contributed by atoms with Crippen LogP contribution < -0.4 is 0 Å². The van der Waals surface area contributed by atoms with Crippen molar-refractivity contribution in [2.24, 2.45) is 5.10 Å². The average Bonchev–Trinajstić information content (AvgIpc) is 2.45. The molecule has 0 amide bonds. The zero-order chi connectivity index (χ0) is 10.9. The minimum atomic E-state index is -1.57. The zero-order valence-corrected chi connectivity index (χ0v) is 9.92. The fourth-order valence-corrected chi connectivity index (χ4v) is 1.79. The highest BCUT2D eigenvalue weighted by Gasteiger charge is 2.45. The molecule has 0 aromatic heterocycles. The van der Waals surface area contributed by atoms with Gasteiger partial charge >= 0.3 is 0 Å². The average molecular weight is 256 g/mol. The van der Waals surface area contributed by atoms with Crippen LogP contribution in [0.5, 0.6) is 0 Å². The van der Waals surface area contributed by atoms with Gasteiger partial charge in [-0.25, -0.2) is 4.90 Å². The first-order chi connectivity index (χ1) is 6.38. The van der Waals surface area contributed by atoms with Crippen molar-refractivity contribution in [1.82, 2.24) is 9.91 Å². The lowest BCUT2D eigenvalue weighted by Crippen LogP contribution is -2.49. The molecule has 0 spiro atoms. The van der Waals surface area contributed by atoms with Crippen molar-refractivity contribution in [2.45, 2.75) is 29.8 Å². The number of halogens is 3. The molecule has 1 aliphatic heterocycles. The Bertz CT molecular complexity index is 278. The summed E-state index contributed by atoms with van der Waals surface area (Å²) in [5.74, 6) is 0. The van der Waals surface area contributed by atoms with Crippen molar-refractivity contribution in [3.05, 3.63) is 0 Å². The van der Waals surface area contributed by atoms with Crippen LogP contribution in [-0.2, 0) is 0 Å². The molecule has 7 heteroatoms. The number of alkyl halides is 3. The van der Waals surface area contributed by atoms with Crippen molar-refractivity contribution in [2.75, 3.05) is 0 Å². The third kappa shape index (κ3) is 2.17. The first kappa shape index (κ1) is 11.7. The molecule has 1 aliphatic rings. The summed E-state index contributed by atoms with van der Waals surface area (Å²) in [7, 11) is 0. The van der Waals surface area contributed by atoms with E-state index in [4.69, 9.17) is 40.1 Å². The quantitative estimate of drug-likeness (QED) is 0.532. The molecule has 1 heterocycles. The van der Waals surface area contributed by atoms with E-state index in [2.05, 4.69) is 5.10 Å².